The molecule has 0 unspecified atom stereocenters. The minimum absolute atomic E-state index is 0. The Morgan fingerprint density at radius 3 is 2.58 bits per heavy atom. The smallest absolute Gasteiger partial charge is 0.254 e. The lowest BCUT2D eigenvalue weighted by molar-refractivity contribution is 0.824. The van der Waals surface area contributed by atoms with Crippen LogP contribution in [0.15, 0.2) is 10.9 Å². The summed E-state index contributed by atoms with van der Waals surface area (Å²) in [5, 5.41) is 0. The third-order valence-corrected chi connectivity index (χ3v) is 1.17. The molecule has 0 aliphatic heterocycles. The van der Waals surface area contributed by atoms with Crippen molar-refractivity contribution in [2.75, 3.05) is 24.7 Å². The molecule has 1 rings (SSSR count). The summed E-state index contributed by atoms with van der Waals surface area (Å²) in [5.41, 5.74) is 5.10. The van der Waals surface area contributed by atoms with E-state index in [1.54, 1.807) is 19.0 Å². The van der Waals surface area contributed by atoms with Crippen LogP contribution < -0.4 is 16.2 Å². The Labute approximate surface area is 69.3 Å². The fourth-order valence-electron chi connectivity index (χ4n) is 0.675. The molecule has 6 heteroatoms. The van der Waals surface area contributed by atoms with Crippen LogP contribution in [-0.4, -0.2) is 29.5 Å². The highest BCUT2D eigenvalue weighted by atomic mass is 16.1. The van der Waals surface area contributed by atoms with Crippen LogP contribution >= 0.6 is 0 Å². The van der Waals surface area contributed by atoms with Gasteiger partial charge in [-0.1, -0.05) is 0 Å². The molecule has 0 aliphatic carbocycles. The number of aromatic amines is 1. The van der Waals surface area contributed by atoms with E-state index in [-0.39, 0.29) is 16.9 Å². The van der Waals surface area contributed by atoms with E-state index in [0.29, 0.717) is 5.95 Å². The van der Waals surface area contributed by atoms with E-state index in [1.165, 1.54) is 6.07 Å². The molecule has 1 aromatic rings. The van der Waals surface area contributed by atoms with Crippen LogP contribution in [0.4, 0.5) is 11.8 Å². The van der Waals surface area contributed by atoms with E-state index in [4.69, 9.17) is 5.73 Å². The molecule has 68 valence electrons. The molecule has 0 atom stereocenters. The average molecular weight is 172 g/mol. The van der Waals surface area contributed by atoms with Crippen molar-refractivity contribution in [1.82, 2.24) is 9.97 Å². The van der Waals surface area contributed by atoms with Gasteiger partial charge >= 0.3 is 0 Å². The number of nitrogens with zero attached hydrogens (tertiary/aromatic N) is 2. The molecule has 0 amide bonds. The average Bonchev–Trinajstić information content (AvgIpc) is 1.85. The van der Waals surface area contributed by atoms with Crippen molar-refractivity contribution in [3.8, 4) is 0 Å². The Morgan fingerprint density at radius 2 is 2.17 bits per heavy atom. The van der Waals surface area contributed by atoms with E-state index in [1.807, 2.05) is 0 Å². The van der Waals surface area contributed by atoms with Gasteiger partial charge in [-0.3, -0.25) is 9.78 Å². The predicted octanol–water partition coefficient (Wildman–Crippen LogP) is -1.41. The monoisotopic (exact) mass is 172 g/mol. The van der Waals surface area contributed by atoms with Gasteiger partial charge in [0.15, 0.2) is 0 Å². The zero-order valence-corrected chi connectivity index (χ0v) is 6.96. The van der Waals surface area contributed by atoms with Gasteiger partial charge in [0.1, 0.15) is 5.82 Å². The standard InChI is InChI=1S/C6H10N4O.H2O/c1-10(2)6-8-4(7)3-5(11)9-6;/h3H,1-2H3,(H3,7,8,9,11);1H2. The summed E-state index contributed by atoms with van der Waals surface area (Å²) in [7, 11) is 3.55. The fourth-order valence-corrected chi connectivity index (χ4v) is 0.675. The molecular formula is C6H12N4O2. The summed E-state index contributed by atoms with van der Waals surface area (Å²) in [5.74, 6) is 0.701. The van der Waals surface area contributed by atoms with Crippen LogP contribution in [0, 0.1) is 0 Å². The van der Waals surface area contributed by atoms with Crippen molar-refractivity contribution in [2.45, 2.75) is 0 Å². The highest BCUT2D eigenvalue weighted by molar-refractivity contribution is 5.35. The van der Waals surface area contributed by atoms with Crippen LogP contribution in [0.1, 0.15) is 0 Å². The Bertz CT molecular complexity index is 307. The third-order valence-electron chi connectivity index (χ3n) is 1.17. The zero-order valence-electron chi connectivity index (χ0n) is 6.96. The maximum atomic E-state index is 10.8. The van der Waals surface area contributed by atoms with E-state index in [9.17, 15) is 4.79 Å². The molecule has 0 saturated heterocycles. The second-order valence-corrected chi connectivity index (χ2v) is 2.39. The van der Waals surface area contributed by atoms with E-state index < -0.39 is 0 Å². The molecule has 12 heavy (non-hydrogen) atoms. The molecule has 0 fully saturated rings. The van der Waals surface area contributed by atoms with Gasteiger partial charge in [-0.25, -0.2) is 0 Å². The first kappa shape index (κ1) is 10.4. The van der Waals surface area contributed by atoms with Gasteiger partial charge < -0.3 is 16.1 Å². The molecule has 1 aromatic heterocycles. The Kier molecular flexibility index (Phi) is 3.24. The van der Waals surface area contributed by atoms with E-state index in [0.717, 1.165) is 0 Å². The van der Waals surface area contributed by atoms with Crippen molar-refractivity contribution >= 4 is 11.8 Å². The quantitative estimate of drug-likeness (QED) is 0.542. The van der Waals surface area contributed by atoms with Crippen molar-refractivity contribution in [1.29, 1.82) is 0 Å². The minimum Gasteiger partial charge on any atom is -0.412 e. The maximum Gasteiger partial charge on any atom is 0.254 e. The van der Waals surface area contributed by atoms with Gasteiger partial charge in [-0.2, -0.15) is 4.98 Å². The molecule has 0 saturated carbocycles. The molecular weight excluding hydrogens is 160 g/mol. The number of hydrogen-bond donors (Lipinski definition) is 2. The molecule has 0 radical (unpaired) electrons. The summed E-state index contributed by atoms with van der Waals surface area (Å²) >= 11 is 0. The SMILES string of the molecule is CN(C)c1nc(N)cc(=O)[nH]1.O. The summed E-state index contributed by atoms with van der Waals surface area (Å²) in [6.45, 7) is 0. The first-order valence-corrected chi connectivity index (χ1v) is 3.14. The summed E-state index contributed by atoms with van der Waals surface area (Å²) in [6.07, 6.45) is 0. The molecule has 0 aliphatic rings. The minimum atomic E-state index is -0.235. The number of anilines is 2. The normalized spacial score (nSPS) is 8.83. The van der Waals surface area contributed by atoms with E-state index in [2.05, 4.69) is 9.97 Å². The first-order chi connectivity index (χ1) is 5.09. The van der Waals surface area contributed by atoms with Crippen LogP contribution in [0.25, 0.3) is 0 Å². The summed E-state index contributed by atoms with van der Waals surface area (Å²) in [6, 6.07) is 1.24. The number of rotatable bonds is 1. The molecule has 0 aromatic carbocycles. The van der Waals surface area contributed by atoms with Gasteiger partial charge in [0, 0.05) is 20.2 Å². The summed E-state index contributed by atoms with van der Waals surface area (Å²) in [4.78, 5) is 18.9. The Balaban J connectivity index is 0.00000121. The lowest BCUT2D eigenvalue weighted by Gasteiger charge is -2.09. The Hall–Kier alpha value is -1.56. The van der Waals surface area contributed by atoms with Crippen LogP contribution in [0.5, 0.6) is 0 Å². The molecule has 1 heterocycles. The zero-order chi connectivity index (χ0) is 8.43. The number of nitrogen functional groups attached to an aromatic ring is 1. The number of aromatic nitrogens is 2. The van der Waals surface area contributed by atoms with Crippen LogP contribution in [-0.2, 0) is 0 Å². The summed E-state index contributed by atoms with van der Waals surface area (Å²) < 4.78 is 0. The Morgan fingerprint density at radius 1 is 1.58 bits per heavy atom. The van der Waals surface area contributed by atoms with E-state index >= 15 is 0 Å². The first-order valence-electron chi connectivity index (χ1n) is 3.14. The fraction of sp³-hybridized carbons (Fsp3) is 0.333. The van der Waals surface area contributed by atoms with Crippen LogP contribution in [0.2, 0.25) is 0 Å². The largest absolute Gasteiger partial charge is 0.412 e. The van der Waals surface area contributed by atoms with Crippen LogP contribution in [0.3, 0.4) is 0 Å². The highest BCUT2D eigenvalue weighted by Crippen LogP contribution is 1.99. The predicted molar refractivity (Wildman–Crippen MR) is 47.2 cm³/mol. The number of hydrogen-bond acceptors (Lipinski definition) is 4. The molecule has 5 N–H and O–H groups in total. The maximum absolute atomic E-state index is 10.8. The highest BCUT2D eigenvalue weighted by Gasteiger charge is 1.98. The van der Waals surface area contributed by atoms with Crippen molar-refractivity contribution in [3.05, 3.63) is 16.4 Å². The second-order valence-electron chi connectivity index (χ2n) is 2.39. The van der Waals surface area contributed by atoms with Crippen molar-refractivity contribution in [3.63, 3.8) is 0 Å². The lowest BCUT2D eigenvalue weighted by atomic mass is 10.6. The lowest BCUT2D eigenvalue weighted by Crippen LogP contribution is -2.18. The number of H-pyrrole nitrogens is 1. The topological polar surface area (TPSA) is 107 Å². The molecule has 6 nitrogen and oxygen atoms in total. The number of nitrogens with two attached hydrogens (primary N) is 1. The van der Waals surface area contributed by atoms with Crippen molar-refractivity contribution < 1.29 is 5.48 Å². The third kappa shape index (κ3) is 2.24. The molecule has 0 spiro atoms. The molecule has 0 bridgehead atoms. The van der Waals surface area contributed by atoms with Gasteiger partial charge in [0.25, 0.3) is 5.56 Å². The number of nitrogens with one attached hydrogen (secondary N) is 1. The van der Waals surface area contributed by atoms with Gasteiger partial charge in [0.2, 0.25) is 5.95 Å². The van der Waals surface area contributed by atoms with Crippen molar-refractivity contribution in [2.24, 2.45) is 0 Å². The second kappa shape index (κ2) is 3.72. The van der Waals surface area contributed by atoms with Gasteiger partial charge in [0.05, 0.1) is 0 Å². The van der Waals surface area contributed by atoms with Gasteiger partial charge in [-0.05, 0) is 0 Å². The van der Waals surface area contributed by atoms with Gasteiger partial charge in [-0.15, -0.1) is 0 Å².